The Morgan fingerprint density at radius 3 is 1.76 bits per heavy atom. The van der Waals surface area contributed by atoms with E-state index in [1.165, 1.54) is 19.3 Å². The topological polar surface area (TPSA) is 38.7 Å². The van der Waals surface area contributed by atoms with Crippen molar-refractivity contribution in [2.24, 2.45) is 0 Å². The zero-order valence-corrected chi connectivity index (χ0v) is 21.6. The molecule has 7 rings (SSSR count). The van der Waals surface area contributed by atoms with Crippen molar-refractivity contribution in [1.82, 2.24) is 15.4 Å². The number of fused-ring (bicyclic) bond motifs is 3. The third kappa shape index (κ3) is 3.79. The van der Waals surface area contributed by atoms with E-state index in [2.05, 4.69) is 113 Å². The van der Waals surface area contributed by atoms with Crippen LogP contribution in [0.1, 0.15) is 0 Å². The van der Waals surface area contributed by atoms with E-state index in [0.29, 0.717) is 0 Å². The molecule has 0 bridgehead atoms. The van der Waals surface area contributed by atoms with Crippen LogP contribution in [0.5, 0.6) is 0 Å². The number of hydrogen-bond acceptors (Lipinski definition) is 3. The summed E-state index contributed by atoms with van der Waals surface area (Å²) >= 11 is 0.242. The first-order chi connectivity index (χ1) is 18.4. The SMILES string of the molecule is c1ccc(-c2ccc3[se]c4ccccc4c3c2-c2nnnc(-c3ccccc3)c2-c2ccccc2)cc1. The van der Waals surface area contributed by atoms with Gasteiger partial charge in [-0.2, -0.15) is 0 Å². The predicted molar refractivity (Wildman–Crippen MR) is 154 cm³/mol. The van der Waals surface area contributed by atoms with Crippen LogP contribution < -0.4 is 0 Å². The van der Waals surface area contributed by atoms with Crippen molar-refractivity contribution in [2.45, 2.75) is 0 Å². The van der Waals surface area contributed by atoms with Crippen LogP contribution in [0.2, 0.25) is 0 Å². The van der Waals surface area contributed by atoms with E-state index in [0.717, 1.165) is 44.8 Å². The molecule has 0 amide bonds. The van der Waals surface area contributed by atoms with Crippen LogP contribution in [0.4, 0.5) is 0 Å². The predicted octanol–water partition coefficient (Wildman–Crippen LogP) is 7.90. The molecule has 0 atom stereocenters. The standard InChI is InChI=1S/C33H21N3Se/c1-4-12-22(13-5-1)25-20-21-28-30(26-18-10-11-19-27(26)37-28)31(25)33-29(23-14-6-2-7-15-23)32(34-36-35-33)24-16-8-3-9-17-24/h1-21H. The number of hydrogen-bond donors (Lipinski definition) is 0. The average Bonchev–Trinajstić information content (AvgIpc) is 3.36. The fourth-order valence-corrected chi connectivity index (χ4v) is 7.43. The zero-order valence-electron chi connectivity index (χ0n) is 19.9. The van der Waals surface area contributed by atoms with Gasteiger partial charge in [0.25, 0.3) is 0 Å². The third-order valence-corrected chi connectivity index (χ3v) is 9.12. The van der Waals surface area contributed by atoms with E-state index in [1.807, 2.05) is 24.3 Å². The first-order valence-corrected chi connectivity index (χ1v) is 13.9. The van der Waals surface area contributed by atoms with Crippen molar-refractivity contribution in [3.63, 3.8) is 0 Å². The Bertz CT molecular complexity index is 1860. The van der Waals surface area contributed by atoms with Gasteiger partial charge >= 0.3 is 221 Å². The quantitative estimate of drug-likeness (QED) is 0.214. The van der Waals surface area contributed by atoms with Gasteiger partial charge in [0.1, 0.15) is 0 Å². The fourth-order valence-electron chi connectivity index (χ4n) is 5.10. The van der Waals surface area contributed by atoms with Crippen molar-refractivity contribution in [2.75, 3.05) is 0 Å². The summed E-state index contributed by atoms with van der Waals surface area (Å²) in [4.78, 5) is 0. The van der Waals surface area contributed by atoms with Crippen molar-refractivity contribution in [1.29, 1.82) is 0 Å². The first kappa shape index (κ1) is 21.9. The Balaban J connectivity index is 1.66. The maximum atomic E-state index is 4.79. The summed E-state index contributed by atoms with van der Waals surface area (Å²) in [5.41, 5.74) is 8.25. The molecule has 37 heavy (non-hydrogen) atoms. The number of benzene rings is 5. The summed E-state index contributed by atoms with van der Waals surface area (Å²) < 4.78 is 2.78. The van der Waals surface area contributed by atoms with Crippen LogP contribution in [-0.4, -0.2) is 29.9 Å². The molecule has 0 aliphatic rings. The third-order valence-electron chi connectivity index (χ3n) is 6.74. The molecule has 0 aliphatic carbocycles. The van der Waals surface area contributed by atoms with Gasteiger partial charge in [0.2, 0.25) is 0 Å². The molecule has 0 spiro atoms. The summed E-state index contributed by atoms with van der Waals surface area (Å²) in [5.74, 6) is 0. The van der Waals surface area contributed by atoms with Crippen molar-refractivity contribution >= 4 is 33.8 Å². The van der Waals surface area contributed by atoms with Gasteiger partial charge in [0.05, 0.1) is 0 Å². The van der Waals surface area contributed by atoms with Crippen molar-refractivity contribution < 1.29 is 0 Å². The molecule has 0 saturated heterocycles. The fraction of sp³-hybridized carbons (Fsp3) is 0. The molecule has 0 fully saturated rings. The van der Waals surface area contributed by atoms with E-state index in [1.54, 1.807) is 0 Å². The van der Waals surface area contributed by atoms with Gasteiger partial charge in [-0.1, -0.05) is 0 Å². The van der Waals surface area contributed by atoms with Crippen LogP contribution in [-0.2, 0) is 0 Å². The zero-order chi connectivity index (χ0) is 24.6. The molecule has 0 aliphatic heterocycles. The van der Waals surface area contributed by atoms with Gasteiger partial charge in [0.15, 0.2) is 0 Å². The van der Waals surface area contributed by atoms with E-state index in [4.69, 9.17) is 5.10 Å². The van der Waals surface area contributed by atoms with Gasteiger partial charge in [-0.05, 0) is 0 Å². The van der Waals surface area contributed by atoms with Crippen molar-refractivity contribution in [3.8, 4) is 44.8 Å². The Labute approximate surface area is 220 Å². The number of nitrogens with zero attached hydrogens (tertiary/aromatic N) is 3. The Hall–Kier alpha value is -4.37. The Morgan fingerprint density at radius 2 is 1.03 bits per heavy atom. The number of aromatic nitrogens is 3. The Morgan fingerprint density at radius 1 is 0.432 bits per heavy atom. The maximum absolute atomic E-state index is 4.79. The van der Waals surface area contributed by atoms with Gasteiger partial charge in [0, 0.05) is 0 Å². The molecule has 2 aromatic heterocycles. The minimum atomic E-state index is 0.242. The van der Waals surface area contributed by atoms with Crippen LogP contribution in [0.3, 0.4) is 0 Å². The van der Waals surface area contributed by atoms with Crippen LogP contribution in [0, 0.1) is 0 Å². The molecule has 2 heterocycles. The molecule has 0 saturated carbocycles. The van der Waals surface area contributed by atoms with Crippen LogP contribution >= 0.6 is 0 Å². The molecular formula is C33H21N3Se. The molecule has 0 N–H and O–H groups in total. The van der Waals surface area contributed by atoms with Gasteiger partial charge < -0.3 is 0 Å². The summed E-state index contributed by atoms with van der Waals surface area (Å²) in [7, 11) is 0. The molecule has 3 nitrogen and oxygen atoms in total. The van der Waals surface area contributed by atoms with Gasteiger partial charge in [-0.15, -0.1) is 0 Å². The molecule has 0 radical (unpaired) electrons. The molecule has 4 heteroatoms. The molecule has 0 unspecified atom stereocenters. The average molecular weight is 539 g/mol. The summed E-state index contributed by atoms with van der Waals surface area (Å²) in [5, 5.41) is 16.3. The second kappa shape index (κ2) is 9.25. The van der Waals surface area contributed by atoms with Gasteiger partial charge in [-0.3, -0.25) is 0 Å². The van der Waals surface area contributed by atoms with E-state index < -0.39 is 0 Å². The second-order valence-electron chi connectivity index (χ2n) is 8.92. The molecule has 5 aromatic carbocycles. The van der Waals surface area contributed by atoms with Gasteiger partial charge in [-0.25, -0.2) is 0 Å². The molecular weight excluding hydrogens is 517 g/mol. The molecule has 174 valence electrons. The van der Waals surface area contributed by atoms with Crippen molar-refractivity contribution in [3.05, 3.63) is 127 Å². The molecule has 7 aromatic rings. The monoisotopic (exact) mass is 539 g/mol. The van der Waals surface area contributed by atoms with E-state index >= 15 is 0 Å². The summed E-state index contributed by atoms with van der Waals surface area (Å²) in [6, 6.07) is 44.7. The van der Waals surface area contributed by atoms with E-state index in [9.17, 15) is 0 Å². The minimum absolute atomic E-state index is 0.242. The van der Waals surface area contributed by atoms with Crippen LogP contribution in [0.15, 0.2) is 127 Å². The number of rotatable bonds is 4. The normalized spacial score (nSPS) is 11.2. The Kier molecular flexibility index (Phi) is 5.47. The summed E-state index contributed by atoms with van der Waals surface area (Å²) in [6.07, 6.45) is 0. The second-order valence-corrected chi connectivity index (χ2v) is 11.2. The summed E-state index contributed by atoms with van der Waals surface area (Å²) in [6.45, 7) is 0. The first-order valence-electron chi connectivity index (χ1n) is 12.2. The van der Waals surface area contributed by atoms with E-state index in [-0.39, 0.29) is 14.5 Å². The van der Waals surface area contributed by atoms with Crippen LogP contribution in [0.25, 0.3) is 64.1 Å².